The molecule has 1 amide bonds. The summed E-state index contributed by atoms with van der Waals surface area (Å²) in [5.41, 5.74) is 1.08. The van der Waals surface area contributed by atoms with E-state index in [2.05, 4.69) is 19.2 Å². The second-order valence-electron chi connectivity index (χ2n) is 5.69. The Morgan fingerprint density at radius 2 is 2.15 bits per heavy atom. The SMILES string of the molecule is CCC1NC(c2cccc(OC)c2)N(CC(C)C)C1=O. The Morgan fingerprint density at radius 1 is 1.40 bits per heavy atom. The van der Waals surface area contributed by atoms with Crippen LogP contribution in [-0.2, 0) is 4.79 Å². The summed E-state index contributed by atoms with van der Waals surface area (Å²) in [5.74, 6) is 1.47. The lowest BCUT2D eigenvalue weighted by Crippen LogP contribution is -2.34. The van der Waals surface area contributed by atoms with E-state index in [1.807, 2.05) is 36.1 Å². The van der Waals surface area contributed by atoms with Gasteiger partial charge >= 0.3 is 0 Å². The first-order valence-electron chi connectivity index (χ1n) is 7.27. The molecule has 4 nitrogen and oxygen atoms in total. The molecule has 1 N–H and O–H groups in total. The number of carbonyl (C=O) groups is 1. The quantitative estimate of drug-likeness (QED) is 0.898. The number of nitrogens with zero attached hydrogens (tertiary/aromatic N) is 1. The van der Waals surface area contributed by atoms with Gasteiger partial charge in [0.1, 0.15) is 11.9 Å². The number of benzene rings is 1. The third kappa shape index (κ3) is 2.96. The summed E-state index contributed by atoms with van der Waals surface area (Å²) in [7, 11) is 1.66. The molecule has 1 fully saturated rings. The Kier molecular flexibility index (Phi) is 4.65. The molecule has 0 aromatic heterocycles. The number of amides is 1. The maximum Gasteiger partial charge on any atom is 0.241 e. The van der Waals surface area contributed by atoms with Crippen LogP contribution in [0.25, 0.3) is 0 Å². The van der Waals surface area contributed by atoms with E-state index in [1.54, 1.807) is 7.11 Å². The molecular weight excluding hydrogens is 252 g/mol. The van der Waals surface area contributed by atoms with Crippen LogP contribution < -0.4 is 10.1 Å². The highest BCUT2D eigenvalue weighted by Gasteiger charge is 2.38. The van der Waals surface area contributed by atoms with Crippen molar-refractivity contribution in [2.45, 2.75) is 39.4 Å². The molecule has 0 saturated carbocycles. The standard InChI is InChI=1S/C16H24N2O2/c1-5-14-16(19)18(10-11(2)3)15(17-14)12-7-6-8-13(9-12)20-4/h6-9,11,14-15,17H,5,10H2,1-4H3. The van der Waals surface area contributed by atoms with Gasteiger partial charge in [-0.2, -0.15) is 0 Å². The van der Waals surface area contributed by atoms with Gasteiger partial charge < -0.3 is 9.64 Å². The second kappa shape index (κ2) is 6.27. The van der Waals surface area contributed by atoms with Crippen molar-refractivity contribution in [3.05, 3.63) is 29.8 Å². The zero-order valence-corrected chi connectivity index (χ0v) is 12.7. The summed E-state index contributed by atoms with van der Waals surface area (Å²) in [6.07, 6.45) is 0.762. The van der Waals surface area contributed by atoms with Crippen molar-refractivity contribution in [1.29, 1.82) is 0 Å². The zero-order chi connectivity index (χ0) is 14.7. The summed E-state index contributed by atoms with van der Waals surface area (Å²) < 4.78 is 5.28. The lowest BCUT2D eigenvalue weighted by Gasteiger charge is -2.26. The number of ether oxygens (including phenoxy) is 1. The zero-order valence-electron chi connectivity index (χ0n) is 12.7. The van der Waals surface area contributed by atoms with E-state index in [4.69, 9.17) is 4.74 Å². The fourth-order valence-electron chi connectivity index (χ4n) is 2.65. The summed E-state index contributed by atoms with van der Waals surface area (Å²) in [4.78, 5) is 14.4. The number of carbonyl (C=O) groups excluding carboxylic acids is 1. The van der Waals surface area contributed by atoms with E-state index in [9.17, 15) is 4.79 Å². The Morgan fingerprint density at radius 3 is 2.75 bits per heavy atom. The van der Waals surface area contributed by atoms with Gasteiger partial charge in [-0.1, -0.05) is 32.9 Å². The van der Waals surface area contributed by atoms with Crippen molar-refractivity contribution in [1.82, 2.24) is 10.2 Å². The van der Waals surface area contributed by atoms with E-state index in [-0.39, 0.29) is 18.1 Å². The third-order valence-corrected chi connectivity index (χ3v) is 3.63. The average Bonchev–Trinajstić information content (AvgIpc) is 2.75. The number of hydrogen-bond acceptors (Lipinski definition) is 3. The minimum Gasteiger partial charge on any atom is -0.497 e. The molecule has 1 heterocycles. The lowest BCUT2D eigenvalue weighted by molar-refractivity contribution is -0.130. The molecule has 20 heavy (non-hydrogen) atoms. The number of hydrogen-bond donors (Lipinski definition) is 1. The molecule has 0 spiro atoms. The van der Waals surface area contributed by atoms with E-state index < -0.39 is 0 Å². The molecule has 0 bridgehead atoms. The van der Waals surface area contributed by atoms with Crippen LogP contribution >= 0.6 is 0 Å². The molecule has 1 saturated heterocycles. The van der Waals surface area contributed by atoms with Crippen LogP contribution in [0.3, 0.4) is 0 Å². The molecule has 0 aliphatic carbocycles. The van der Waals surface area contributed by atoms with Crippen LogP contribution in [-0.4, -0.2) is 30.5 Å². The van der Waals surface area contributed by atoms with Gasteiger partial charge in [0.05, 0.1) is 13.2 Å². The van der Waals surface area contributed by atoms with Crippen LogP contribution in [0.5, 0.6) is 5.75 Å². The van der Waals surface area contributed by atoms with Gasteiger partial charge in [0.25, 0.3) is 0 Å². The molecule has 4 heteroatoms. The molecule has 1 aliphatic rings. The van der Waals surface area contributed by atoms with Crippen LogP contribution in [0.4, 0.5) is 0 Å². The Hall–Kier alpha value is -1.55. The highest BCUT2D eigenvalue weighted by Crippen LogP contribution is 2.29. The van der Waals surface area contributed by atoms with E-state index in [0.717, 1.165) is 24.3 Å². The fraction of sp³-hybridized carbons (Fsp3) is 0.562. The minimum atomic E-state index is -0.0787. The van der Waals surface area contributed by atoms with Crippen molar-refractivity contribution < 1.29 is 9.53 Å². The topological polar surface area (TPSA) is 41.6 Å². The van der Waals surface area contributed by atoms with Gasteiger partial charge in [-0.3, -0.25) is 10.1 Å². The van der Waals surface area contributed by atoms with Crippen molar-refractivity contribution in [2.75, 3.05) is 13.7 Å². The highest BCUT2D eigenvalue weighted by atomic mass is 16.5. The summed E-state index contributed by atoms with van der Waals surface area (Å²) in [5, 5.41) is 3.43. The first-order valence-corrected chi connectivity index (χ1v) is 7.27. The number of rotatable bonds is 5. The predicted octanol–water partition coefficient (Wildman–Crippen LogP) is 2.56. The predicted molar refractivity (Wildman–Crippen MR) is 79.5 cm³/mol. The van der Waals surface area contributed by atoms with Crippen molar-refractivity contribution in [2.24, 2.45) is 5.92 Å². The molecule has 1 aliphatic heterocycles. The van der Waals surface area contributed by atoms with Crippen molar-refractivity contribution >= 4 is 5.91 Å². The van der Waals surface area contributed by atoms with Gasteiger partial charge in [0.15, 0.2) is 0 Å². The molecule has 2 rings (SSSR count). The number of nitrogens with one attached hydrogen (secondary N) is 1. The normalized spacial score (nSPS) is 22.6. The maximum atomic E-state index is 12.4. The first kappa shape index (κ1) is 14.9. The van der Waals surface area contributed by atoms with Gasteiger partial charge in [-0.15, -0.1) is 0 Å². The van der Waals surface area contributed by atoms with Crippen LogP contribution in [0.1, 0.15) is 38.9 Å². The van der Waals surface area contributed by atoms with E-state index in [1.165, 1.54) is 0 Å². The van der Waals surface area contributed by atoms with Gasteiger partial charge in [-0.05, 0) is 30.0 Å². The highest BCUT2D eigenvalue weighted by molar-refractivity contribution is 5.84. The van der Waals surface area contributed by atoms with Gasteiger partial charge in [0, 0.05) is 6.54 Å². The Labute approximate surface area is 121 Å². The molecular formula is C16H24N2O2. The number of methoxy groups -OCH3 is 1. The van der Waals surface area contributed by atoms with Crippen LogP contribution in [0, 0.1) is 5.92 Å². The van der Waals surface area contributed by atoms with Gasteiger partial charge in [-0.25, -0.2) is 0 Å². The Balaban J connectivity index is 2.28. The van der Waals surface area contributed by atoms with Crippen LogP contribution in [0.2, 0.25) is 0 Å². The largest absolute Gasteiger partial charge is 0.497 e. The summed E-state index contributed by atoms with van der Waals surface area (Å²) >= 11 is 0. The fourth-order valence-corrected chi connectivity index (χ4v) is 2.65. The summed E-state index contributed by atoms with van der Waals surface area (Å²) in [6, 6.07) is 7.84. The molecule has 110 valence electrons. The third-order valence-electron chi connectivity index (χ3n) is 3.63. The first-order chi connectivity index (χ1) is 9.56. The molecule has 0 radical (unpaired) electrons. The van der Waals surface area contributed by atoms with Crippen molar-refractivity contribution in [3.63, 3.8) is 0 Å². The molecule has 2 unspecified atom stereocenters. The summed E-state index contributed by atoms with van der Waals surface area (Å²) in [6.45, 7) is 7.08. The molecule has 1 aromatic carbocycles. The van der Waals surface area contributed by atoms with Gasteiger partial charge in [0.2, 0.25) is 5.91 Å². The average molecular weight is 276 g/mol. The smallest absolute Gasteiger partial charge is 0.241 e. The van der Waals surface area contributed by atoms with Crippen molar-refractivity contribution in [3.8, 4) is 5.75 Å². The monoisotopic (exact) mass is 276 g/mol. The second-order valence-corrected chi connectivity index (χ2v) is 5.69. The Bertz CT molecular complexity index is 473. The van der Waals surface area contributed by atoms with E-state index in [0.29, 0.717) is 5.92 Å². The lowest BCUT2D eigenvalue weighted by atomic mass is 10.1. The maximum absolute atomic E-state index is 12.4. The van der Waals surface area contributed by atoms with Crippen LogP contribution in [0.15, 0.2) is 24.3 Å². The molecule has 1 aromatic rings. The van der Waals surface area contributed by atoms with E-state index >= 15 is 0 Å². The minimum absolute atomic E-state index is 0.0510. The molecule has 2 atom stereocenters.